The molecule has 1 N–H and O–H groups in total. The number of carbonyl (C=O) groups is 1. The second-order valence-electron chi connectivity index (χ2n) is 5.04. The molecule has 0 fully saturated rings. The standard InChI is InChI=1S/C18H15IN2O3S/c1-23-11-7-8-16(24-2)13(9-11)15-10-25-18(20-15)21-17(22)12-5-3-4-6-14(12)19/h3-10H,1-2H3,(H,20,21,22). The molecule has 0 unspecified atom stereocenters. The minimum Gasteiger partial charge on any atom is -0.497 e. The lowest BCUT2D eigenvalue weighted by molar-refractivity contribution is 0.102. The van der Waals surface area contributed by atoms with Gasteiger partial charge in [0.25, 0.3) is 5.91 Å². The molecule has 0 bridgehead atoms. The van der Waals surface area contributed by atoms with E-state index in [0.29, 0.717) is 22.2 Å². The summed E-state index contributed by atoms with van der Waals surface area (Å²) >= 11 is 3.51. The molecular formula is C18H15IN2O3S. The fourth-order valence-electron chi connectivity index (χ4n) is 2.28. The number of rotatable bonds is 5. The molecule has 3 rings (SSSR count). The highest BCUT2D eigenvalue weighted by molar-refractivity contribution is 14.1. The van der Waals surface area contributed by atoms with Crippen molar-refractivity contribution in [1.82, 2.24) is 4.98 Å². The van der Waals surface area contributed by atoms with E-state index in [1.54, 1.807) is 20.3 Å². The van der Waals surface area contributed by atoms with Crippen molar-refractivity contribution in [2.24, 2.45) is 0 Å². The molecule has 0 atom stereocenters. The van der Waals surface area contributed by atoms with E-state index in [1.807, 2.05) is 41.8 Å². The first-order chi connectivity index (χ1) is 12.1. The molecule has 0 aliphatic rings. The number of halogens is 1. The molecule has 7 heteroatoms. The predicted octanol–water partition coefficient (Wildman–Crippen LogP) is 4.68. The Balaban J connectivity index is 1.86. The number of methoxy groups -OCH3 is 2. The van der Waals surface area contributed by atoms with Gasteiger partial charge in [0, 0.05) is 14.5 Å². The van der Waals surface area contributed by atoms with Crippen molar-refractivity contribution in [2.75, 3.05) is 19.5 Å². The molecule has 5 nitrogen and oxygen atoms in total. The highest BCUT2D eigenvalue weighted by atomic mass is 127. The maximum atomic E-state index is 12.4. The largest absolute Gasteiger partial charge is 0.497 e. The third kappa shape index (κ3) is 3.93. The summed E-state index contributed by atoms with van der Waals surface area (Å²) < 4.78 is 11.6. The molecule has 0 spiro atoms. The number of thiazole rings is 1. The van der Waals surface area contributed by atoms with Crippen LogP contribution in [0.15, 0.2) is 47.8 Å². The molecule has 0 saturated carbocycles. The van der Waals surface area contributed by atoms with Crippen molar-refractivity contribution < 1.29 is 14.3 Å². The normalized spacial score (nSPS) is 10.4. The zero-order chi connectivity index (χ0) is 17.8. The van der Waals surface area contributed by atoms with Gasteiger partial charge in [0.15, 0.2) is 5.13 Å². The monoisotopic (exact) mass is 466 g/mol. The fraction of sp³-hybridized carbons (Fsp3) is 0.111. The molecule has 2 aromatic carbocycles. The third-order valence-corrected chi connectivity index (χ3v) is 5.22. The van der Waals surface area contributed by atoms with Crippen LogP contribution in [-0.4, -0.2) is 25.1 Å². The van der Waals surface area contributed by atoms with Crippen LogP contribution < -0.4 is 14.8 Å². The molecule has 3 aromatic rings. The maximum absolute atomic E-state index is 12.4. The summed E-state index contributed by atoms with van der Waals surface area (Å²) in [5.74, 6) is 1.23. The van der Waals surface area contributed by atoms with E-state index < -0.39 is 0 Å². The summed E-state index contributed by atoms with van der Waals surface area (Å²) in [6.07, 6.45) is 0. The number of nitrogens with one attached hydrogen (secondary N) is 1. The lowest BCUT2D eigenvalue weighted by atomic mass is 10.1. The third-order valence-electron chi connectivity index (χ3n) is 3.53. The van der Waals surface area contributed by atoms with Gasteiger partial charge in [0.1, 0.15) is 11.5 Å². The first-order valence-electron chi connectivity index (χ1n) is 7.36. The first-order valence-corrected chi connectivity index (χ1v) is 9.32. The van der Waals surface area contributed by atoms with Crippen LogP contribution in [0.1, 0.15) is 10.4 Å². The number of hydrogen-bond acceptors (Lipinski definition) is 5. The molecule has 1 aromatic heterocycles. The predicted molar refractivity (Wildman–Crippen MR) is 108 cm³/mol. The summed E-state index contributed by atoms with van der Waals surface area (Å²) in [7, 11) is 3.22. The number of anilines is 1. The van der Waals surface area contributed by atoms with Crippen molar-refractivity contribution in [3.8, 4) is 22.8 Å². The van der Waals surface area contributed by atoms with Crippen LogP contribution in [0.5, 0.6) is 11.5 Å². The Morgan fingerprint density at radius 3 is 2.68 bits per heavy atom. The molecule has 25 heavy (non-hydrogen) atoms. The van der Waals surface area contributed by atoms with E-state index in [4.69, 9.17) is 9.47 Å². The van der Waals surface area contributed by atoms with Gasteiger partial charge >= 0.3 is 0 Å². The van der Waals surface area contributed by atoms with E-state index in [9.17, 15) is 4.79 Å². The van der Waals surface area contributed by atoms with Gasteiger partial charge in [-0.2, -0.15) is 0 Å². The Kier molecular flexibility index (Phi) is 5.54. The van der Waals surface area contributed by atoms with Crippen LogP contribution in [0.4, 0.5) is 5.13 Å². The van der Waals surface area contributed by atoms with Crippen LogP contribution in [0, 0.1) is 3.57 Å². The van der Waals surface area contributed by atoms with E-state index in [1.165, 1.54) is 11.3 Å². The van der Waals surface area contributed by atoms with Crippen LogP contribution in [-0.2, 0) is 0 Å². The highest BCUT2D eigenvalue weighted by Gasteiger charge is 2.14. The number of carbonyl (C=O) groups excluding carboxylic acids is 1. The van der Waals surface area contributed by atoms with Crippen LogP contribution in [0.25, 0.3) is 11.3 Å². The lowest BCUT2D eigenvalue weighted by Crippen LogP contribution is -2.13. The van der Waals surface area contributed by atoms with Gasteiger partial charge in [-0.1, -0.05) is 12.1 Å². The average Bonchev–Trinajstić information content (AvgIpc) is 3.09. The number of ether oxygens (including phenoxy) is 2. The quantitative estimate of drug-likeness (QED) is 0.555. The minimum atomic E-state index is -0.177. The smallest absolute Gasteiger partial charge is 0.258 e. The van der Waals surface area contributed by atoms with Crippen LogP contribution >= 0.6 is 33.9 Å². The van der Waals surface area contributed by atoms with Crippen LogP contribution in [0.2, 0.25) is 0 Å². The van der Waals surface area contributed by atoms with Crippen LogP contribution in [0.3, 0.4) is 0 Å². The van der Waals surface area contributed by atoms with Gasteiger partial charge in [-0.25, -0.2) is 4.98 Å². The van der Waals surface area contributed by atoms with E-state index in [0.717, 1.165) is 14.8 Å². The lowest BCUT2D eigenvalue weighted by Gasteiger charge is -2.08. The number of amides is 1. The van der Waals surface area contributed by atoms with Crippen molar-refractivity contribution in [3.05, 3.63) is 57.0 Å². The minimum absolute atomic E-state index is 0.177. The number of nitrogens with zero attached hydrogens (tertiary/aromatic N) is 1. The van der Waals surface area contributed by atoms with Gasteiger partial charge in [0.2, 0.25) is 0 Å². The second-order valence-corrected chi connectivity index (χ2v) is 7.06. The zero-order valence-electron chi connectivity index (χ0n) is 13.6. The number of aromatic nitrogens is 1. The van der Waals surface area contributed by atoms with Gasteiger partial charge < -0.3 is 9.47 Å². The van der Waals surface area contributed by atoms with Crippen molar-refractivity contribution >= 4 is 45.0 Å². The summed E-state index contributed by atoms with van der Waals surface area (Å²) in [6.45, 7) is 0. The van der Waals surface area contributed by atoms with E-state index >= 15 is 0 Å². The molecule has 1 amide bonds. The molecule has 128 valence electrons. The SMILES string of the molecule is COc1ccc(OC)c(-c2csc(NC(=O)c3ccccc3I)n2)c1. The first kappa shape index (κ1) is 17.7. The molecule has 0 saturated heterocycles. The number of benzene rings is 2. The van der Waals surface area contributed by atoms with Gasteiger partial charge in [-0.15, -0.1) is 11.3 Å². The van der Waals surface area contributed by atoms with E-state index in [2.05, 4.69) is 32.9 Å². The van der Waals surface area contributed by atoms with Gasteiger partial charge in [0.05, 0.1) is 25.5 Å². The summed E-state index contributed by atoms with van der Waals surface area (Å²) in [5, 5.41) is 5.26. The molecular weight excluding hydrogens is 451 g/mol. The molecule has 0 aliphatic heterocycles. The highest BCUT2D eigenvalue weighted by Crippen LogP contribution is 2.35. The van der Waals surface area contributed by atoms with Crippen molar-refractivity contribution in [3.63, 3.8) is 0 Å². The van der Waals surface area contributed by atoms with E-state index in [-0.39, 0.29) is 5.91 Å². The Labute approximate surface area is 163 Å². The summed E-state index contributed by atoms with van der Waals surface area (Å²) in [5.41, 5.74) is 2.16. The average molecular weight is 466 g/mol. The van der Waals surface area contributed by atoms with Gasteiger partial charge in [-0.05, 0) is 52.9 Å². The molecule has 0 radical (unpaired) electrons. The Hall–Kier alpha value is -2.13. The zero-order valence-corrected chi connectivity index (χ0v) is 16.6. The Morgan fingerprint density at radius 2 is 1.96 bits per heavy atom. The summed E-state index contributed by atoms with van der Waals surface area (Å²) in [4.78, 5) is 16.9. The summed E-state index contributed by atoms with van der Waals surface area (Å²) in [6, 6.07) is 12.9. The fourth-order valence-corrected chi connectivity index (χ4v) is 3.62. The topological polar surface area (TPSA) is 60.5 Å². The second kappa shape index (κ2) is 7.83. The molecule has 0 aliphatic carbocycles. The maximum Gasteiger partial charge on any atom is 0.258 e. The Bertz CT molecular complexity index is 911. The Morgan fingerprint density at radius 1 is 1.16 bits per heavy atom. The molecule has 1 heterocycles. The van der Waals surface area contributed by atoms with Crippen molar-refractivity contribution in [1.29, 1.82) is 0 Å². The van der Waals surface area contributed by atoms with Gasteiger partial charge in [-0.3, -0.25) is 10.1 Å². The van der Waals surface area contributed by atoms with Crippen molar-refractivity contribution in [2.45, 2.75) is 0 Å². The number of hydrogen-bond donors (Lipinski definition) is 1.